The summed E-state index contributed by atoms with van der Waals surface area (Å²) in [6.45, 7) is 5.34. The molecule has 7 heteroatoms. The van der Waals surface area contributed by atoms with Crippen LogP contribution in [0.1, 0.15) is 35.9 Å². The average molecular weight is 305 g/mol. The van der Waals surface area contributed by atoms with E-state index in [9.17, 15) is 9.59 Å². The molecular weight excluding hydrogens is 282 g/mol. The predicted octanol–water partition coefficient (Wildman–Crippen LogP) is 0.00850. The summed E-state index contributed by atoms with van der Waals surface area (Å²) in [4.78, 5) is 28.4. The molecule has 120 valence electrons. The van der Waals surface area contributed by atoms with Gasteiger partial charge in [-0.25, -0.2) is 0 Å². The lowest BCUT2D eigenvalue weighted by Crippen LogP contribution is -2.57. The first-order valence-corrected chi connectivity index (χ1v) is 8.02. The minimum atomic E-state index is -0.0387. The van der Waals surface area contributed by atoms with Crippen molar-refractivity contribution in [1.82, 2.24) is 25.3 Å². The molecule has 0 bridgehead atoms. The summed E-state index contributed by atoms with van der Waals surface area (Å²) in [5.74, 6) is 0.0989. The van der Waals surface area contributed by atoms with Crippen LogP contribution in [0.2, 0.25) is 0 Å². The summed E-state index contributed by atoms with van der Waals surface area (Å²) in [5, 5.41) is 10.1. The fraction of sp³-hybridized carbons (Fsp3) is 0.667. The van der Waals surface area contributed by atoms with E-state index in [0.29, 0.717) is 18.8 Å². The molecule has 0 spiro atoms. The van der Waals surface area contributed by atoms with Crippen LogP contribution < -0.4 is 5.32 Å². The topological polar surface area (TPSA) is 81.3 Å². The standard InChI is InChI=1S/C15H23N5O2/c1-2-11-8-13(18-17-11)15(22)19-6-3-4-12(10-19)20-7-5-16-9-14(20)21/h8,12,16H,2-7,9-10H2,1H3,(H,17,18). The van der Waals surface area contributed by atoms with Gasteiger partial charge in [0.2, 0.25) is 5.91 Å². The Hall–Kier alpha value is -1.89. The van der Waals surface area contributed by atoms with Crippen molar-refractivity contribution in [2.24, 2.45) is 0 Å². The molecule has 22 heavy (non-hydrogen) atoms. The van der Waals surface area contributed by atoms with E-state index in [1.54, 1.807) is 0 Å². The molecule has 3 rings (SSSR count). The van der Waals surface area contributed by atoms with E-state index in [-0.39, 0.29) is 17.9 Å². The lowest BCUT2D eigenvalue weighted by atomic mass is 10.0. The molecule has 2 amide bonds. The highest BCUT2D eigenvalue weighted by Gasteiger charge is 2.32. The zero-order valence-electron chi connectivity index (χ0n) is 13.0. The minimum Gasteiger partial charge on any atom is -0.336 e. The molecule has 1 atom stereocenters. The highest BCUT2D eigenvalue weighted by Crippen LogP contribution is 2.18. The fourth-order valence-electron chi connectivity index (χ4n) is 3.22. The maximum Gasteiger partial charge on any atom is 0.274 e. The van der Waals surface area contributed by atoms with Crippen LogP contribution in [-0.2, 0) is 11.2 Å². The maximum absolute atomic E-state index is 12.6. The Morgan fingerprint density at radius 1 is 1.45 bits per heavy atom. The number of aromatic amines is 1. The van der Waals surface area contributed by atoms with Crippen molar-refractivity contribution in [2.45, 2.75) is 32.2 Å². The fourth-order valence-corrected chi connectivity index (χ4v) is 3.22. The van der Waals surface area contributed by atoms with Crippen molar-refractivity contribution >= 4 is 11.8 Å². The van der Waals surface area contributed by atoms with E-state index >= 15 is 0 Å². The highest BCUT2D eigenvalue weighted by atomic mass is 16.2. The van der Waals surface area contributed by atoms with Crippen LogP contribution in [-0.4, -0.2) is 70.6 Å². The normalized spacial score (nSPS) is 23.0. The highest BCUT2D eigenvalue weighted by molar-refractivity contribution is 5.92. The number of likely N-dealkylation sites (tertiary alicyclic amines) is 1. The summed E-state index contributed by atoms with van der Waals surface area (Å²) < 4.78 is 0. The van der Waals surface area contributed by atoms with E-state index in [1.165, 1.54) is 0 Å². The summed E-state index contributed by atoms with van der Waals surface area (Å²) in [5.41, 5.74) is 1.44. The van der Waals surface area contributed by atoms with Gasteiger partial charge in [0.1, 0.15) is 5.69 Å². The molecule has 0 aliphatic carbocycles. The van der Waals surface area contributed by atoms with Gasteiger partial charge in [0.25, 0.3) is 5.91 Å². The quantitative estimate of drug-likeness (QED) is 0.824. The largest absolute Gasteiger partial charge is 0.336 e. The zero-order chi connectivity index (χ0) is 15.5. The molecule has 1 aromatic rings. The first kappa shape index (κ1) is 15.0. The molecule has 0 saturated carbocycles. The molecule has 0 aromatic carbocycles. The van der Waals surface area contributed by atoms with Crippen LogP contribution in [0, 0.1) is 0 Å². The number of nitrogens with zero attached hydrogens (tertiary/aromatic N) is 3. The summed E-state index contributed by atoms with van der Waals surface area (Å²) in [6, 6.07) is 1.96. The van der Waals surface area contributed by atoms with Crippen molar-refractivity contribution in [2.75, 3.05) is 32.7 Å². The van der Waals surface area contributed by atoms with Crippen LogP contribution in [0.5, 0.6) is 0 Å². The number of amides is 2. The van der Waals surface area contributed by atoms with Gasteiger partial charge in [-0.2, -0.15) is 5.10 Å². The summed E-state index contributed by atoms with van der Waals surface area (Å²) >= 11 is 0. The summed E-state index contributed by atoms with van der Waals surface area (Å²) in [7, 11) is 0. The Kier molecular flexibility index (Phi) is 4.42. The van der Waals surface area contributed by atoms with Gasteiger partial charge in [-0.3, -0.25) is 14.7 Å². The van der Waals surface area contributed by atoms with E-state index in [0.717, 1.165) is 44.6 Å². The second-order valence-electron chi connectivity index (χ2n) is 5.94. The molecule has 2 saturated heterocycles. The maximum atomic E-state index is 12.6. The number of nitrogens with one attached hydrogen (secondary N) is 2. The number of H-pyrrole nitrogens is 1. The first-order chi connectivity index (χ1) is 10.7. The van der Waals surface area contributed by atoms with E-state index in [2.05, 4.69) is 15.5 Å². The Morgan fingerprint density at radius 2 is 2.32 bits per heavy atom. The van der Waals surface area contributed by atoms with Crippen LogP contribution in [0.15, 0.2) is 6.07 Å². The zero-order valence-corrected chi connectivity index (χ0v) is 13.0. The van der Waals surface area contributed by atoms with Gasteiger partial charge in [-0.05, 0) is 25.3 Å². The van der Waals surface area contributed by atoms with Crippen molar-refractivity contribution in [3.8, 4) is 0 Å². The SMILES string of the molecule is CCc1cc(C(=O)N2CCCC(N3CCNCC3=O)C2)n[nH]1. The molecule has 2 fully saturated rings. The van der Waals surface area contributed by atoms with Gasteiger partial charge in [0.05, 0.1) is 6.54 Å². The Labute approximate surface area is 130 Å². The van der Waals surface area contributed by atoms with Crippen molar-refractivity contribution in [3.63, 3.8) is 0 Å². The van der Waals surface area contributed by atoms with E-state index in [4.69, 9.17) is 0 Å². The third-order valence-electron chi connectivity index (χ3n) is 4.48. The lowest BCUT2D eigenvalue weighted by molar-refractivity contribution is -0.135. The molecule has 1 aromatic heterocycles. The number of aromatic nitrogens is 2. The van der Waals surface area contributed by atoms with Gasteiger partial charge in [-0.1, -0.05) is 6.92 Å². The number of piperazine rings is 1. The average Bonchev–Trinajstić information content (AvgIpc) is 3.04. The molecular formula is C15H23N5O2. The Balaban J connectivity index is 1.67. The van der Waals surface area contributed by atoms with E-state index in [1.807, 2.05) is 22.8 Å². The Bertz CT molecular complexity index is 556. The van der Waals surface area contributed by atoms with Gasteiger partial charge in [0.15, 0.2) is 0 Å². The van der Waals surface area contributed by atoms with E-state index < -0.39 is 0 Å². The van der Waals surface area contributed by atoms with Gasteiger partial charge >= 0.3 is 0 Å². The molecule has 3 heterocycles. The van der Waals surface area contributed by atoms with Crippen LogP contribution in [0.3, 0.4) is 0 Å². The molecule has 7 nitrogen and oxygen atoms in total. The van der Waals surface area contributed by atoms with Crippen LogP contribution in [0.4, 0.5) is 0 Å². The van der Waals surface area contributed by atoms with Gasteiger partial charge in [-0.15, -0.1) is 0 Å². The number of carbonyl (C=O) groups is 2. The Morgan fingerprint density at radius 3 is 3.05 bits per heavy atom. The molecule has 2 N–H and O–H groups in total. The minimum absolute atomic E-state index is 0.0387. The smallest absolute Gasteiger partial charge is 0.274 e. The first-order valence-electron chi connectivity index (χ1n) is 8.02. The number of carbonyl (C=O) groups excluding carboxylic acids is 2. The van der Waals surface area contributed by atoms with Gasteiger partial charge < -0.3 is 15.1 Å². The third-order valence-corrected chi connectivity index (χ3v) is 4.48. The number of hydrogen-bond donors (Lipinski definition) is 2. The predicted molar refractivity (Wildman–Crippen MR) is 81.5 cm³/mol. The monoisotopic (exact) mass is 305 g/mol. The van der Waals surface area contributed by atoms with Crippen molar-refractivity contribution in [3.05, 3.63) is 17.5 Å². The second kappa shape index (κ2) is 6.48. The molecule has 2 aliphatic heterocycles. The summed E-state index contributed by atoms with van der Waals surface area (Å²) in [6.07, 6.45) is 2.73. The number of hydrogen-bond acceptors (Lipinski definition) is 4. The number of piperidine rings is 1. The molecule has 1 unspecified atom stereocenters. The third kappa shape index (κ3) is 2.99. The molecule has 0 radical (unpaired) electrons. The van der Waals surface area contributed by atoms with Crippen LogP contribution in [0.25, 0.3) is 0 Å². The van der Waals surface area contributed by atoms with Crippen molar-refractivity contribution < 1.29 is 9.59 Å². The van der Waals surface area contributed by atoms with Crippen molar-refractivity contribution in [1.29, 1.82) is 0 Å². The van der Waals surface area contributed by atoms with Gasteiger partial charge in [0, 0.05) is 37.9 Å². The number of rotatable bonds is 3. The second-order valence-corrected chi connectivity index (χ2v) is 5.94. The lowest BCUT2D eigenvalue weighted by Gasteiger charge is -2.40. The molecule has 2 aliphatic rings. The number of aryl methyl sites for hydroxylation is 1. The van der Waals surface area contributed by atoms with Crippen LogP contribution >= 0.6 is 0 Å².